The zero-order chi connectivity index (χ0) is 30.2. The maximum Gasteiger partial charge on any atom is 0.173 e. The van der Waals surface area contributed by atoms with E-state index in [0.29, 0.717) is 17.5 Å². The Kier molecular flexibility index (Phi) is 6.98. The fourth-order valence-electron chi connectivity index (χ4n) is 5.77. The molecular formula is C39H26N3OPS. The largest absolute Gasteiger partial charge is 0.309 e. The summed E-state index contributed by atoms with van der Waals surface area (Å²) in [6.07, 6.45) is 0. The molecule has 8 rings (SSSR count). The number of aromatic nitrogens is 3. The summed E-state index contributed by atoms with van der Waals surface area (Å²) in [5, 5.41) is 2.61. The predicted octanol–water partition coefficient (Wildman–Crippen LogP) is 8.64. The van der Waals surface area contributed by atoms with Gasteiger partial charge in [0.15, 0.2) is 24.6 Å². The van der Waals surface area contributed by atoms with Gasteiger partial charge in [0.05, 0.1) is 0 Å². The van der Waals surface area contributed by atoms with Crippen LogP contribution in [0.5, 0.6) is 0 Å². The van der Waals surface area contributed by atoms with Gasteiger partial charge in [0, 0.05) is 42.4 Å². The molecule has 0 amide bonds. The van der Waals surface area contributed by atoms with Crippen LogP contribution in [0.3, 0.4) is 0 Å². The molecule has 1 aliphatic heterocycles. The van der Waals surface area contributed by atoms with E-state index in [9.17, 15) is 0 Å². The van der Waals surface area contributed by atoms with Gasteiger partial charge in [0.1, 0.15) is 0 Å². The van der Waals surface area contributed by atoms with Crippen LogP contribution in [0.2, 0.25) is 0 Å². The summed E-state index contributed by atoms with van der Waals surface area (Å²) in [5.41, 5.74) is 4.74. The van der Waals surface area contributed by atoms with Crippen LogP contribution in [0, 0.1) is 0 Å². The third kappa shape index (κ3) is 5.01. The van der Waals surface area contributed by atoms with Crippen molar-refractivity contribution < 1.29 is 4.57 Å². The van der Waals surface area contributed by atoms with E-state index in [-0.39, 0.29) is 0 Å². The zero-order valence-electron chi connectivity index (χ0n) is 24.1. The zero-order valence-corrected chi connectivity index (χ0v) is 25.8. The van der Waals surface area contributed by atoms with Gasteiger partial charge in [0.25, 0.3) is 0 Å². The number of nitrogens with zero attached hydrogens (tertiary/aromatic N) is 3. The Morgan fingerprint density at radius 1 is 0.400 bits per heavy atom. The van der Waals surface area contributed by atoms with E-state index in [0.717, 1.165) is 53.5 Å². The first kappa shape index (κ1) is 27.5. The molecule has 0 fully saturated rings. The smallest absolute Gasteiger partial charge is 0.173 e. The molecule has 1 aromatic heterocycles. The maximum atomic E-state index is 15.3. The van der Waals surface area contributed by atoms with Crippen molar-refractivity contribution in [1.29, 1.82) is 0 Å². The van der Waals surface area contributed by atoms with Gasteiger partial charge in [0.2, 0.25) is 0 Å². The molecule has 0 bridgehead atoms. The van der Waals surface area contributed by atoms with Gasteiger partial charge in [-0.1, -0.05) is 139 Å². The molecular weight excluding hydrogens is 589 g/mol. The molecule has 0 N–H and O–H groups in total. The second kappa shape index (κ2) is 11.4. The Morgan fingerprint density at radius 3 is 1.56 bits per heavy atom. The highest BCUT2D eigenvalue weighted by Crippen LogP contribution is 2.52. The summed E-state index contributed by atoms with van der Waals surface area (Å²) in [5.74, 6) is 1.85. The summed E-state index contributed by atoms with van der Waals surface area (Å²) in [7, 11) is -3.10. The Morgan fingerprint density at radius 2 is 0.889 bits per heavy atom. The fourth-order valence-corrected chi connectivity index (χ4v) is 10.5. The molecule has 2 heterocycles. The van der Waals surface area contributed by atoms with E-state index in [1.54, 1.807) is 11.8 Å². The lowest BCUT2D eigenvalue weighted by molar-refractivity contribution is 0.591. The number of rotatable bonds is 5. The van der Waals surface area contributed by atoms with Crippen LogP contribution in [0.15, 0.2) is 168 Å². The third-order valence-electron chi connectivity index (χ3n) is 8.00. The SMILES string of the molecule is O=P1(c2ccccc2)c2ccccc2Sc2ccc(-c3cccc(-c4nc(-c5ccccc5)nc(-c5ccccc5)n4)c3)cc21. The monoisotopic (exact) mass is 615 g/mol. The summed E-state index contributed by atoms with van der Waals surface area (Å²) in [4.78, 5) is 16.8. The molecule has 1 aliphatic rings. The van der Waals surface area contributed by atoms with Gasteiger partial charge >= 0.3 is 0 Å². The first-order valence-electron chi connectivity index (χ1n) is 14.7. The summed E-state index contributed by atoms with van der Waals surface area (Å²) in [6.45, 7) is 0. The highest BCUT2D eigenvalue weighted by Gasteiger charge is 2.38. The van der Waals surface area contributed by atoms with Gasteiger partial charge in [-0.05, 0) is 41.5 Å². The third-order valence-corrected chi connectivity index (χ3v) is 12.6. The van der Waals surface area contributed by atoms with Crippen LogP contribution in [0.4, 0.5) is 0 Å². The van der Waals surface area contributed by atoms with Crippen LogP contribution in [-0.2, 0) is 4.57 Å². The van der Waals surface area contributed by atoms with Gasteiger partial charge in [-0.2, -0.15) is 0 Å². The lowest BCUT2D eigenvalue weighted by atomic mass is 10.0. The second-order valence-electron chi connectivity index (χ2n) is 10.8. The summed E-state index contributed by atoms with van der Waals surface area (Å²) < 4.78 is 15.3. The molecule has 214 valence electrons. The van der Waals surface area contributed by atoms with E-state index in [4.69, 9.17) is 15.0 Å². The molecule has 0 radical (unpaired) electrons. The van der Waals surface area contributed by atoms with Crippen molar-refractivity contribution in [3.05, 3.63) is 158 Å². The van der Waals surface area contributed by atoms with Crippen molar-refractivity contribution >= 4 is 34.8 Å². The van der Waals surface area contributed by atoms with Crippen molar-refractivity contribution in [3.8, 4) is 45.3 Å². The average Bonchev–Trinajstić information content (AvgIpc) is 3.12. The van der Waals surface area contributed by atoms with E-state index >= 15 is 4.57 Å². The highest BCUT2D eigenvalue weighted by atomic mass is 32.2. The van der Waals surface area contributed by atoms with Crippen LogP contribution in [0.1, 0.15) is 0 Å². The molecule has 0 saturated heterocycles. The maximum absolute atomic E-state index is 15.3. The molecule has 6 heteroatoms. The molecule has 4 nitrogen and oxygen atoms in total. The first-order chi connectivity index (χ1) is 22.2. The molecule has 1 atom stereocenters. The normalized spacial score (nSPS) is 15.2. The second-order valence-corrected chi connectivity index (χ2v) is 14.6. The minimum absolute atomic E-state index is 0.599. The molecule has 0 spiro atoms. The number of fused-ring (bicyclic) bond motifs is 2. The molecule has 7 aromatic rings. The lowest BCUT2D eigenvalue weighted by Gasteiger charge is -2.29. The quantitative estimate of drug-likeness (QED) is 0.182. The number of hydrogen-bond acceptors (Lipinski definition) is 5. The van der Waals surface area contributed by atoms with Gasteiger partial charge < -0.3 is 4.57 Å². The van der Waals surface area contributed by atoms with Crippen LogP contribution < -0.4 is 15.9 Å². The van der Waals surface area contributed by atoms with E-state index < -0.39 is 7.14 Å². The van der Waals surface area contributed by atoms with E-state index in [1.165, 1.54) is 0 Å². The number of benzene rings is 6. The summed E-state index contributed by atoms with van der Waals surface area (Å²) in [6, 6.07) is 52.5. The Balaban J connectivity index is 1.26. The predicted molar refractivity (Wildman–Crippen MR) is 185 cm³/mol. The van der Waals surface area contributed by atoms with Crippen LogP contribution in [-0.4, -0.2) is 15.0 Å². The molecule has 6 aromatic carbocycles. The molecule has 45 heavy (non-hydrogen) atoms. The minimum Gasteiger partial charge on any atom is -0.309 e. The molecule has 0 aliphatic carbocycles. The highest BCUT2D eigenvalue weighted by molar-refractivity contribution is 8.02. The summed E-state index contributed by atoms with van der Waals surface area (Å²) >= 11 is 1.68. The van der Waals surface area contributed by atoms with Crippen molar-refractivity contribution in [3.63, 3.8) is 0 Å². The number of hydrogen-bond donors (Lipinski definition) is 0. The Hall–Kier alpha value is -5.09. The molecule has 1 unspecified atom stereocenters. The standard InChI is InChI=1S/C39H26N3OPS/c43-44(32-19-8-3-9-20-32)33-21-10-11-22-35(33)45-36-24-23-30(26-34(36)44)29-17-12-18-31(25-29)39-41-37(27-13-4-1-5-14-27)40-38(42-39)28-15-6-2-7-16-28/h1-26H. The van der Waals surface area contributed by atoms with Crippen molar-refractivity contribution in [1.82, 2.24) is 15.0 Å². The van der Waals surface area contributed by atoms with Gasteiger partial charge in [-0.3, -0.25) is 0 Å². The van der Waals surface area contributed by atoms with Gasteiger partial charge in [-0.25, -0.2) is 15.0 Å². The fraction of sp³-hybridized carbons (Fsp3) is 0. The lowest BCUT2D eigenvalue weighted by Crippen LogP contribution is -2.30. The van der Waals surface area contributed by atoms with Crippen LogP contribution in [0.25, 0.3) is 45.3 Å². The average molecular weight is 616 g/mol. The van der Waals surface area contributed by atoms with Crippen molar-refractivity contribution in [2.45, 2.75) is 9.79 Å². The first-order valence-corrected chi connectivity index (χ1v) is 17.2. The Labute approximate surface area is 266 Å². The van der Waals surface area contributed by atoms with Crippen molar-refractivity contribution in [2.24, 2.45) is 0 Å². The van der Waals surface area contributed by atoms with Crippen LogP contribution >= 0.6 is 18.9 Å². The van der Waals surface area contributed by atoms with Crippen molar-refractivity contribution in [2.75, 3.05) is 0 Å². The minimum atomic E-state index is -3.10. The molecule has 0 saturated carbocycles. The topological polar surface area (TPSA) is 55.7 Å². The van der Waals surface area contributed by atoms with Gasteiger partial charge in [-0.15, -0.1) is 0 Å². The Bertz CT molecular complexity index is 2170. The van der Waals surface area contributed by atoms with E-state index in [1.807, 2.05) is 121 Å². The van der Waals surface area contributed by atoms with E-state index in [2.05, 4.69) is 36.4 Å².